The molecule has 0 aliphatic carbocycles. The molecular weight excluding hydrogens is 601 g/mol. The van der Waals surface area contributed by atoms with Crippen LogP contribution in [0.4, 0.5) is 0 Å². The van der Waals surface area contributed by atoms with Crippen molar-refractivity contribution < 1.29 is 4.42 Å². The van der Waals surface area contributed by atoms with Gasteiger partial charge in [0.25, 0.3) is 0 Å². The van der Waals surface area contributed by atoms with E-state index in [1.807, 2.05) is 60.9 Å². The van der Waals surface area contributed by atoms with Gasteiger partial charge in [0.2, 0.25) is 0 Å². The number of nitrogens with zero attached hydrogens (tertiary/aromatic N) is 4. The Morgan fingerprint density at radius 1 is 0.388 bits per heavy atom. The smallest absolute Gasteiger partial charge is 0.164 e. The zero-order chi connectivity index (χ0) is 32.3. The molecule has 0 N–H and O–H groups in total. The van der Waals surface area contributed by atoms with E-state index in [1.165, 1.54) is 21.5 Å². The molecule has 3 aromatic heterocycles. The lowest BCUT2D eigenvalue weighted by molar-refractivity contribution is 0.669. The Balaban J connectivity index is 1.16. The molecule has 0 spiro atoms. The van der Waals surface area contributed by atoms with E-state index < -0.39 is 0 Å². The van der Waals surface area contributed by atoms with Crippen LogP contribution in [-0.2, 0) is 0 Å². The lowest BCUT2D eigenvalue weighted by atomic mass is 9.97. The summed E-state index contributed by atoms with van der Waals surface area (Å²) in [5.74, 6) is 1.83. The number of benzene rings is 7. The van der Waals surface area contributed by atoms with Crippen LogP contribution in [0.15, 0.2) is 162 Å². The van der Waals surface area contributed by atoms with Gasteiger partial charge in [0, 0.05) is 45.2 Å². The van der Waals surface area contributed by atoms with Crippen LogP contribution in [0.25, 0.3) is 99.5 Å². The van der Waals surface area contributed by atoms with Gasteiger partial charge in [-0.1, -0.05) is 115 Å². The van der Waals surface area contributed by atoms with Crippen molar-refractivity contribution in [2.24, 2.45) is 0 Å². The van der Waals surface area contributed by atoms with E-state index in [0.717, 1.165) is 60.5 Å². The number of hydrogen-bond acceptors (Lipinski definition) is 5. The topological polar surface area (TPSA) is 64.7 Å². The maximum Gasteiger partial charge on any atom is 0.164 e. The molecule has 0 atom stereocenters. The van der Waals surface area contributed by atoms with Crippen molar-refractivity contribution in [3.8, 4) is 45.3 Å². The summed E-state index contributed by atoms with van der Waals surface area (Å²) >= 11 is 0. The molecule has 0 radical (unpaired) electrons. The number of aromatic nitrogens is 4. The monoisotopic (exact) mass is 626 g/mol. The third kappa shape index (κ3) is 4.55. The van der Waals surface area contributed by atoms with E-state index in [-0.39, 0.29) is 0 Å². The average Bonchev–Trinajstić information content (AvgIpc) is 3.56. The van der Waals surface area contributed by atoms with Crippen molar-refractivity contribution in [1.82, 2.24) is 19.9 Å². The molecule has 228 valence electrons. The van der Waals surface area contributed by atoms with Crippen molar-refractivity contribution in [2.45, 2.75) is 0 Å². The SMILES string of the molecule is c1ccc(-c2ccc3c(c2)oc2cccc(-c4nc(-c5ccccc5)nc(-c5ccc6c(ccc7c8cnccc8ccc67)c5)n4)c23)cc1. The summed E-state index contributed by atoms with van der Waals surface area (Å²) in [6.07, 6.45) is 3.78. The Hall–Kier alpha value is -6.72. The zero-order valence-corrected chi connectivity index (χ0v) is 26.2. The van der Waals surface area contributed by atoms with E-state index in [9.17, 15) is 0 Å². The third-order valence-corrected chi connectivity index (χ3v) is 9.41. The van der Waals surface area contributed by atoms with Crippen molar-refractivity contribution in [1.29, 1.82) is 0 Å². The first-order chi connectivity index (χ1) is 24.3. The van der Waals surface area contributed by atoms with Crippen LogP contribution in [0.1, 0.15) is 0 Å². The summed E-state index contributed by atoms with van der Waals surface area (Å²) in [7, 11) is 0. The van der Waals surface area contributed by atoms with Crippen molar-refractivity contribution in [2.75, 3.05) is 0 Å². The van der Waals surface area contributed by atoms with Gasteiger partial charge in [-0.2, -0.15) is 0 Å². The fourth-order valence-electron chi connectivity index (χ4n) is 7.02. The first-order valence-electron chi connectivity index (χ1n) is 16.3. The summed E-state index contributed by atoms with van der Waals surface area (Å²) in [4.78, 5) is 19.6. The van der Waals surface area contributed by atoms with Crippen LogP contribution < -0.4 is 0 Å². The second kappa shape index (κ2) is 10.9. The molecule has 5 heteroatoms. The third-order valence-electron chi connectivity index (χ3n) is 9.41. The number of fused-ring (bicyclic) bond motifs is 8. The Morgan fingerprint density at radius 2 is 1.06 bits per heavy atom. The van der Waals surface area contributed by atoms with Crippen LogP contribution in [0.2, 0.25) is 0 Å². The van der Waals surface area contributed by atoms with Gasteiger partial charge in [0.15, 0.2) is 17.5 Å². The van der Waals surface area contributed by atoms with Crippen molar-refractivity contribution >= 4 is 54.3 Å². The summed E-state index contributed by atoms with van der Waals surface area (Å²) in [5, 5.41) is 9.02. The fourth-order valence-corrected chi connectivity index (χ4v) is 7.02. The van der Waals surface area contributed by atoms with E-state index in [2.05, 4.69) is 102 Å². The van der Waals surface area contributed by atoms with Gasteiger partial charge < -0.3 is 4.42 Å². The fraction of sp³-hybridized carbons (Fsp3) is 0. The number of rotatable bonds is 4. The molecular formula is C44H26N4O. The number of pyridine rings is 1. The molecule has 0 unspecified atom stereocenters. The predicted octanol–water partition coefficient (Wildman–Crippen LogP) is 11.3. The van der Waals surface area contributed by atoms with Gasteiger partial charge in [-0.15, -0.1) is 0 Å². The lowest BCUT2D eigenvalue weighted by Crippen LogP contribution is -2.00. The van der Waals surface area contributed by atoms with Gasteiger partial charge in [0.05, 0.1) is 0 Å². The van der Waals surface area contributed by atoms with Crippen LogP contribution in [0, 0.1) is 0 Å². The molecule has 0 saturated carbocycles. The summed E-state index contributed by atoms with van der Waals surface area (Å²) < 4.78 is 6.44. The molecule has 5 nitrogen and oxygen atoms in total. The zero-order valence-electron chi connectivity index (χ0n) is 26.2. The van der Waals surface area contributed by atoms with Gasteiger partial charge in [-0.25, -0.2) is 15.0 Å². The van der Waals surface area contributed by atoms with Crippen molar-refractivity contribution in [3.63, 3.8) is 0 Å². The van der Waals surface area contributed by atoms with Gasteiger partial charge in [-0.05, 0) is 68.4 Å². The number of furan rings is 1. The summed E-state index contributed by atoms with van der Waals surface area (Å²) in [6.45, 7) is 0. The minimum Gasteiger partial charge on any atom is -0.456 e. The summed E-state index contributed by atoms with van der Waals surface area (Å²) in [6, 6.07) is 50.2. The first-order valence-corrected chi connectivity index (χ1v) is 16.3. The predicted molar refractivity (Wildman–Crippen MR) is 199 cm³/mol. The highest BCUT2D eigenvalue weighted by atomic mass is 16.3. The molecule has 0 aliphatic heterocycles. The van der Waals surface area contributed by atoms with Crippen LogP contribution in [-0.4, -0.2) is 19.9 Å². The molecule has 49 heavy (non-hydrogen) atoms. The van der Waals surface area contributed by atoms with E-state index >= 15 is 0 Å². The minimum absolute atomic E-state index is 0.599. The van der Waals surface area contributed by atoms with E-state index in [0.29, 0.717) is 17.5 Å². The molecule has 0 aliphatic rings. The molecule has 3 heterocycles. The maximum atomic E-state index is 6.44. The standard InChI is InChI=1S/C44H26N4O/c1-3-8-27(9-4-1)30-15-21-36-40(25-30)49-39-13-7-12-37(41(36)39)44-47-42(29-10-5-2-6-11-29)46-43(48-44)32-17-18-33-31(24-32)16-20-35-34(33)19-14-28-22-23-45-26-38(28)35/h1-26H. The highest BCUT2D eigenvalue weighted by molar-refractivity contribution is 6.17. The van der Waals surface area contributed by atoms with Gasteiger partial charge in [0.1, 0.15) is 11.2 Å². The van der Waals surface area contributed by atoms with Crippen molar-refractivity contribution in [3.05, 3.63) is 158 Å². The van der Waals surface area contributed by atoms with Crippen LogP contribution in [0.3, 0.4) is 0 Å². The molecule has 7 aromatic carbocycles. The molecule has 10 aromatic rings. The van der Waals surface area contributed by atoms with Crippen LogP contribution in [0.5, 0.6) is 0 Å². The van der Waals surface area contributed by atoms with E-state index in [4.69, 9.17) is 19.4 Å². The quantitative estimate of drug-likeness (QED) is 0.182. The Bertz CT molecular complexity index is 2880. The molecule has 0 saturated heterocycles. The first kappa shape index (κ1) is 27.4. The second-order valence-corrected chi connectivity index (χ2v) is 12.3. The normalized spacial score (nSPS) is 11.7. The molecule has 0 amide bonds. The van der Waals surface area contributed by atoms with Crippen LogP contribution >= 0.6 is 0 Å². The Labute approximate surface area is 281 Å². The molecule has 0 fully saturated rings. The highest BCUT2D eigenvalue weighted by Gasteiger charge is 2.18. The van der Waals surface area contributed by atoms with Gasteiger partial charge >= 0.3 is 0 Å². The number of hydrogen-bond donors (Lipinski definition) is 0. The highest BCUT2D eigenvalue weighted by Crippen LogP contribution is 2.39. The Morgan fingerprint density at radius 3 is 1.90 bits per heavy atom. The van der Waals surface area contributed by atoms with Gasteiger partial charge in [-0.3, -0.25) is 4.98 Å². The average molecular weight is 627 g/mol. The Kier molecular flexibility index (Phi) is 6.11. The largest absolute Gasteiger partial charge is 0.456 e. The molecule has 0 bridgehead atoms. The maximum absolute atomic E-state index is 6.44. The second-order valence-electron chi connectivity index (χ2n) is 12.3. The summed E-state index contributed by atoms with van der Waals surface area (Å²) in [5.41, 5.74) is 6.62. The lowest BCUT2D eigenvalue weighted by Gasteiger charge is -2.11. The molecule has 10 rings (SSSR count). The van der Waals surface area contributed by atoms with E-state index in [1.54, 1.807) is 0 Å². The minimum atomic E-state index is 0.599.